The Morgan fingerprint density at radius 1 is 1.26 bits per heavy atom. The number of nitrogens with zero attached hydrogens (tertiary/aromatic N) is 3. The van der Waals surface area contributed by atoms with E-state index in [0.29, 0.717) is 0 Å². The minimum atomic E-state index is 0.114. The number of amides is 1. The van der Waals surface area contributed by atoms with Gasteiger partial charge in [0, 0.05) is 25.5 Å². The summed E-state index contributed by atoms with van der Waals surface area (Å²) in [6.45, 7) is 2.75. The van der Waals surface area contributed by atoms with Crippen LogP contribution in [0.15, 0.2) is 42.7 Å². The van der Waals surface area contributed by atoms with Gasteiger partial charge in [0.2, 0.25) is 0 Å². The summed E-state index contributed by atoms with van der Waals surface area (Å²) in [6.07, 6.45) is 6.99. The van der Waals surface area contributed by atoms with Gasteiger partial charge in [0.15, 0.2) is 0 Å². The van der Waals surface area contributed by atoms with Crippen molar-refractivity contribution in [2.75, 3.05) is 26.7 Å². The second-order valence-corrected chi connectivity index (χ2v) is 6.10. The molecule has 1 amide bonds. The molecule has 2 aromatic rings. The molecule has 122 valence electrons. The molecule has 0 aliphatic carbocycles. The van der Waals surface area contributed by atoms with Crippen molar-refractivity contribution in [3.63, 3.8) is 0 Å². The van der Waals surface area contributed by atoms with E-state index < -0.39 is 0 Å². The topological polar surface area (TPSA) is 50.2 Å². The van der Waals surface area contributed by atoms with Gasteiger partial charge in [-0.3, -0.25) is 4.79 Å². The number of carbonyl (C=O) groups is 1. The Balaban J connectivity index is 1.70. The van der Waals surface area contributed by atoms with Gasteiger partial charge in [-0.05, 0) is 57.0 Å². The van der Waals surface area contributed by atoms with Crippen LogP contribution in [0, 0.1) is 5.92 Å². The summed E-state index contributed by atoms with van der Waals surface area (Å²) in [6, 6.07) is 9.57. The molecule has 0 unspecified atom stereocenters. The van der Waals surface area contributed by atoms with Gasteiger partial charge in [-0.1, -0.05) is 12.1 Å². The second-order valence-electron chi connectivity index (χ2n) is 6.10. The van der Waals surface area contributed by atoms with E-state index in [1.54, 1.807) is 10.9 Å². The van der Waals surface area contributed by atoms with Gasteiger partial charge in [0.25, 0.3) is 5.91 Å². The van der Waals surface area contributed by atoms with Crippen molar-refractivity contribution in [3.05, 3.63) is 48.3 Å². The number of carbonyl (C=O) groups excluding carboxylic acids is 1. The SMILES string of the molecule is CNCCC1CCN(C(=O)c2ccccc2-n2cccn2)CC1. The highest BCUT2D eigenvalue weighted by Gasteiger charge is 2.25. The molecule has 1 aliphatic rings. The van der Waals surface area contributed by atoms with Gasteiger partial charge >= 0.3 is 0 Å². The summed E-state index contributed by atoms with van der Waals surface area (Å²) in [4.78, 5) is 14.9. The lowest BCUT2D eigenvalue weighted by molar-refractivity contribution is 0.0687. The summed E-state index contributed by atoms with van der Waals surface area (Å²) < 4.78 is 1.76. The Bertz CT molecular complexity index is 630. The fraction of sp³-hybridized carbons (Fsp3) is 0.444. The van der Waals surface area contributed by atoms with E-state index in [2.05, 4.69) is 10.4 Å². The fourth-order valence-electron chi connectivity index (χ4n) is 3.21. The second kappa shape index (κ2) is 7.42. The summed E-state index contributed by atoms with van der Waals surface area (Å²) in [5.74, 6) is 0.844. The molecule has 1 aromatic heterocycles. The van der Waals surface area contributed by atoms with Crippen molar-refractivity contribution in [2.45, 2.75) is 19.3 Å². The van der Waals surface area contributed by atoms with Crippen LogP contribution in [0.5, 0.6) is 0 Å². The maximum atomic E-state index is 12.9. The first-order valence-electron chi connectivity index (χ1n) is 8.32. The van der Waals surface area contributed by atoms with E-state index in [1.807, 2.05) is 48.5 Å². The van der Waals surface area contributed by atoms with E-state index in [-0.39, 0.29) is 5.91 Å². The van der Waals surface area contributed by atoms with E-state index >= 15 is 0 Å². The molecule has 0 radical (unpaired) electrons. The lowest BCUT2D eigenvalue weighted by Crippen LogP contribution is -2.39. The molecule has 2 heterocycles. The predicted octanol–water partition coefficient (Wildman–Crippen LogP) is 2.33. The van der Waals surface area contributed by atoms with Crippen LogP contribution >= 0.6 is 0 Å². The third kappa shape index (κ3) is 3.62. The number of para-hydroxylation sites is 1. The molecule has 1 fully saturated rings. The first-order chi connectivity index (χ1) is 11.3. The van der Waals surface area contributed by atoms with Gasteiger partial charge in [0.05, 0.1) is 11.3 Å². The predicted molar refractivity (Wildman–Crippen MR) is 90.7 cm³/mol. The number of aromatic nitrogens is 2. The molecular weight excluding hydrogens is 288 g/mol. The van der Waals surface area contributed by atoms with E-state index in [0.717, 1.165) is 49.6 Å². The first kappa shape index (κ1) is 15.7. The number of hydrogen-bond acceptors (Lipinski definition) is 3. The van der Waals surface area contributed by atoms with Crippen LogP contribution in [-0.4, -0.2) is 47.3 Å². The Morgan fingerprint density at radius 3 is 2.74 bits per heavy atom. The van der Waals surface area contributed by atoms with E-state index in [1.165, 1.54) is 6.42 Å². The van der Waals surface area contributed by atoms with E-state index in [9.17, 15) is 4.79 Å². The number of likely N-dealkylation sites (tertiary alicyclic amines) is 1. The number of piperidine rings is 1. The van der Waals surface area contributed by atoms with Crippen molar-refractivity contribution in [3.8, 4) is 5.69 Å². The number of rotatable bonds is 5. The monoisotopic (exact) mass is 312 g/mol. The molecule has 0 bridgehead atoms. The number of hydrogen-bond donors (Lipinski definition) is 1. The molecule has 0 spiro atoms. The van der Waals surface area contributed by atoms with Crippen molar-refractivity contribution in [2.24, 2.45) is 5.92 Å². The van der Waals surface area contributed by atoms with Gasteiger partial charge in [-0.2, -0.15) is 5.10 Å². The fourth-order valence-corrected chi connectivity index (χ4v) is 3.21. The molecule has 5 nitrogen and oxygen atoms in total. The Labute approximate surface area is 137 Å². The minimum absolute atomic E-state index is 0.114. The standard InChI is InChI=1S/C18H24N4O/c1-19-11-7-15-8-13-21(14-9-15)18(23)16-5-2-3-6-17(16)22-12-4-10-20-22/h2-6,10,12,15,19H,7-9,11,13-14H2,1H3. The first-order valence-corrected chi connectivity index (χ1v) is 8.32. The highest BCUT2D eigenvalue weighted by Crippen LogP contribution is 2.23. The van der Waals surface area contributed by atoms with Gasteiger partial charge in [0.1, 0.15) is 0 Å². The van der Waals surface area contributed by atoms with Crippen LogP contribution in [0.25, 0.3) is 5.69 Å². The van der Waals surface area contributed by atoms with Crippen molar-refractivity contribution in [1.82, 2.24) is 20.0 Å². The minimum Gasteiger partial charge on any atom is -0.339 e. The summed E-state index contributed by atoms with van der Waals surface area (Å²) >= 11 is 0. The van der Waals surface area contributed by atoms with Crippen molar-refractivity contribution in [1.29, 1.82) is 0 Å². The summed E-state index contributed by atoms with van der Waals surface area (Å²) in [7, 11) is 1.99. The Hall–Kier alpha value is -2.14. The zero-order valence-corrected chi connectivity index (χ0v) is 13.6. The molecular formula is C18H24N4O. The zero-order chi connectivity index (χ0) is 16.1. The Kier molecular flexibility index (Phi) is 5.08. The third-order valence-electron chi connectivity index (χ3n) is 4.59. The summed E-state index contributed by atoms with van der Waals surface area (Å²) in [5, 5.41) is 7.47. The molecule has 5 heteroatoms. The van der Waals surface area contributed by atoms with Crippen LogP contribution in [0.4, 0.5) is 0 Å². The average Bonchev–Trinajstić information content (AvgIpc) is 3.14. The smallest absolute Gasteiger partial charge is 0.256 e. The maximum absolute atomic E-state index is 12.9. The molecule has 23 heavy (non-hydrogen) atoms. The van der Waals surface area contributed by atoms with Crippen LogP contribution in [0.1, 0.15) is 29.6 Å². The quantitative estimate of drug-likeness (QED) is 0.922. The molecule has 0 atom stereocenters. The zero-order valence-electron chi connectivity index (χ0n) is 13.6. The van der Waals surface area contributed by atoms with Crippen molar-refractivity contribution >= 4 is 5.91 Å². The maximum Gasteiger partial charge on any atom is 0.256 e. The molecule has 1 saturated heterocycles. The molecule has 1 aromatic carbocycles. The largest absolute Gasteiger partial charge is 0.339 e. The average molecular weight is 312 g/mol. The number of benzene rings is 1. The van der Waals surface area contributed by atoms with Crippen molar-refractivity contribution < 1.29 is 4.79 Å². The lowest BCUT2D eigenvalue weighted by Gasteiger charge is -2.32. The molecule has 1 N–H and O–H groups in total. The summed E-state index contributed by atoms with van der Waals surface area (Å²) in [5.41, 5.74) is 1.57. The molecule has 3 rings (SSSR count). The Morgan fingerprint density at radius 2 is 2.04 bits per heavy atom. The number of nitrogens with one attached hydrogen (secondary N) is 1. The van der Waals surface area contributed by atoms with Crippen LogP contribution < -0.4 is 5.32 Å². The van der Waals surface area contributed by atoms with Gasteiger partial charge in [-0.15, -0.1) is 0 Å². The lowest BCUT2D eigenvalue weighted by atomic mass is 9.93. The third-order valence-corrected chi connectivity index (χ3v) is 4.59. The van der Waals surface area contributed by atoms with Crippen LogP contribution in [0.2, 0.25) is 0 Å². The van der Waals surface area contributed by atoms with Gasteiger partial charge in [-0.25, -0.2) is 4.68 Å². The van der Waals surface area contributed by atoms with E-state index in [4.69, 9.17) is 0 Å². The van der Waals surface area contributed by atoms with Crippen LogP contribution in [-0.2, 0) is 0 Å². The highest BCUT2D eigenvalue weighted by atomic mass is 16.2. The molecule has 0 saturated carbocycles. The van der Waals surface area contributed by atoms with Gasteiger partial charge < -0.3 is 10.2 Å². The highest BCUT2D eigenvalue weighted by molar-refractivity contribution is 5.97. The normalized spacial score (nSPS) is 15.8. The van der Waals surface area contributed by atoms with Crippen LogP contribution in [0.3, 0.4) is 0 Å². The molecule has 1 aliphatic heterocycles.